The van der Waals surface area contributed by atoms with Gasteiger partial charge in [-0.05, 0) is 13.0 Å². The number of nitrogens with zero attached hydrogens (tertiary/aromatic N) is 1. The molecule has 15 heavy (non-hydrogen) atoms. The summed E-state index contributed by atoms with van der Waals surface area (Å²) >= 11 is 0. The number of rotatable bonds is 1. The first-order valence-corrected chi connectivity index (χ1v) is 4.91. The number of likely N-dealkylation sites (N-methyl/N-ethyl adjacent to an activating group) is 1. The van der Waals surface area contributed by atoms with E-state index in [1.807, 2.05) is 31.2 Å². The summed E-state index contributed by atoms with van der Waals surface area (Å²) in [5, 5.41) is 2.94. The number of hydrogen-bond donors (Lipinski definition) is 2. The number of carbonyl (C=O) groups is 1. The molecule has 1 unspecified atom stereocenters. The highest BCUT2D eigenvalue weighted by Crippen LogP contribution is 2.30. The van der Waals surface area contributed by atoms with Gasteiger partial charge in [-0.3, -0.25) is 0 Å². The Morgan fingerprint density at radius 1 is 1.47 bits per heavy atom. The molecule has 2 amide bonds. The Balaban J connectivity index is 2.40. The van der Waals surface area contributed by atoms with Crippen molar-refractivity contribution in [2.24, 2.45) is 0 Å². The lowest BCUT2D eigenvalue weighted by Crippen LogP contribution is -2.37. The standard InChI is InChI=1S/C11H15N3O/c1-11(7-14(2)10(15)13-11)8-5-3-4-6-9(8)12/h3-6H,7,12H2,1-2H3,(H,13,15). The molecule has 4 heteroatoms. The predicted molar refractivity (Wildman–Crippen MR) is 59.4 cm³/mol. The molecule has 1 aliphatic heterocycles. The monoisotopic (exact) mass is 205 g/mol. The maximum atomic E-state index is 11.4. The Labute approximate surface area is 89.1 Å². The van der Waals surface area contributed by atoms with Crippen LogP contribution in [0.3, 0.4) is 0 Å². The van der Waals surface area contributed by atoms with E-state index >= 15 is 0 Å². The van der Waals surface area contributed by atoms with Crippen LogP contribution >= 0.6 is 0 Å². The third-order valence-corrected chi connectivity index (χ3v) is 2.84. The quantitative estimate of drug-likeness (QED) is 0.675. The van der Waals surface area contributed by atoms with Crippen molar-refractivity contribution in [2.75, 3.05) is 19.3 Å². The van der Waals surface area contributed by atoms with Gasteiger partial charge in [0.2, 0.25) is 0 Å². The molecule has 0 aliphatic carbocycles. The van der Waals surface area contributed by atoms with E-state index in [0.29, 0.717) is 6.54 Å². The number of nitrogens with one attached hydrogen (secondary N) is 1. The fourth-order valence-corrected chi connectivity index (χ4v) is 2.07. The Kier molecular flexibility index (Phi) is 2.07. The van der Waals surface area contributed by atoms with Crippen molar-refractivity contribution in [1.29, 1.82) is 0 Å². The van der Waals surface area contributed by atoms with Gasteiger partial charge in [-0.15, -0.1) is 0 Å². The second kappa shape index (κ2) is 3.15. The molecule has 1 aromatic carbocycles. The lowest BCUT2D eigenvalue weighted by Gasteiger charge is -2.25. The molecule has 0 aromatic heterocycles. The summed E-state index contributed by atoms with van der Waals surface area (Å²) < 4.78 is 0. The number of urea groups is 1. The second-order valence-electron chi connectivity index (χ2n) is 4.21. The maximum Gasteiger partial charge on any atom is 0.317 e. The first kappa shape index (κ1) is 9.83. The van der Waals surface area contributed by atoms with Gasteiger partial charge >= 0.3 is 6.03 Å². The number of nitrogen functional groups attached to an aromatic ring is 1. The minimum absolute atomic E-state index is 0.0549. The van der Waals surface area contributed by atoms with Crippen LogP contribution in [-0.4, -0.2) is 24.5 Å². The van der Waals surface area contributed by atoms with Crippen molar-refractivity contribution in [3.05, 3.63) is 29.8 Å². The molecule has 1 aliphatic rings. The van der Waals surface area contributed by atoms with Crippen LogP contribution in [0.1, 0.15) is 12.5 Å². The van der Waals surface area contributed by atoms with Crippen LogP contribution in [-0.2, 0) is 5.54 Å². The molecular formula is C11H15N3O. The van der Waals surface area contributed by atoms with Gasteiger partial charge in [0.15, 0.2) is 0 Å². The van der Waals surface area contributed by atoms with Crippen LogP contribution < -0.4 is 11.1 Å². The highest BCUT2D eigenvalue weighted by Gasteiger charge is 2.39. The molecule has 0 spiro atoms. The summed E-state index contributed by atoms with van der Waals surface area (Å²) in [5.74, 6) is 0. The molecule has 1 heterocycles. The van der Waals surface area contributed by atoms with Crippen molar-refractivity contribution in [2.45, 2.75) is 12.5 Å². The Hall–Kier alpha value is -1.71. The smallest absolute Gasteiger partial charge is 0.317 e. The van der Waals surface area contributed by atoms with Gasteiger partial charge in [-0.25, -0.2) is 4.79 Å². The fraction of sp³-hybridized carbons (Fsp3) is 0.364. The van der Waals surface area contributed by atoms with E-state index in [2.05, 4.69) is 5.32 Å². The van der Waals surface area contributed by atoms with Crippen molar-refractivity contribution in [1.82, 2.24) is 10.2 Å². The van der Waals surface area contributed by atoms with Gasteiger partial charge in [0.25, 0.3) is 0 Å². The van der Waals surface area contributed by atoms with E-state index in [1.165, 1.54) is 0 Å². The molecule has 80 valence electrons. The summed E-state index contributed by atoms with van der Waals surface area (Å²) in [6.45, 7) is 2.63. The summed E-state index contributed by atoms with van der Waals surface area (Å²) in [6.07, 6.45) is 0. The van der Waals surface area contributed by atoms with Crippen LogP contribution in [0.5, 0.6) is 0 Å². The highest BCUT2D eigenvalue weighted by atomic mass is 16.2. The van der Waals surface area contributed by atoms with Gasteiger partial charge in [0.05, 0.1) is 5.54 Å². The number of benzene rings is 1. The predicted octanol–water partition coefficient (Wildman–Crippen LogP) is 1.14. The zero-order chi connectivity index (χ0) is 11.1. The molecule has 1 saturated heterocycles. The topological polar surface area (TPSA) is 58.4 Å². The van der Waals surface area contributed by atoms with Gasteiger partial charge in [0, 0.05) is 24.8 Å². The summed E-state index contributed by atoms with van der Waals surface area (Å²) in [4.78, 5) is 13.1. The van der Waals surface area contributed by atoms with Crippen molar-refractivity contribution in [3.63, 3.8) is 0 Å². The lowest BCUT2D eigenvalue weighted by molar-refractivity contribution is 0.226. The van der Waals surface area contributed by atoms with Crippen LogP contribution in [0.15, 0.2) is 24.3 Å². The third-order valence-electron chi connectivity index (χ3n) is 2.84. The van der Waals surface area contributed by atoms with E-state index in [1.54, 1.807) is 11.9 Å². The zero-order valence-corrected chi connectivity index (χ0v) is 8.95. The van der Waals surface area contributed by atoms with Crippen LogP contribution in [0.4, 0.5) is 10.5 Å². The minimum atomic E-state index is -0.378. The molecular weight excluding hydrogens is 190 g/mol. The maximum absolute atomic E-state index is 11.4. The van der Waals surface area contributed by atoms with E-state index in [4.69, 9.17) is 5.73 Å². The molecule has 0 bridgehead atoms. The minimum Gasteiger partial charge on any atom is -0.398 e. The molecule has 2 rings (SSSR count). The Morgan fingerprint density at radius 2 is 2.13 bits per heavy atom. The van der Waals surface area contributed by atoms with Gasteiger partial charge < -0.3 is 16.0 Å². The molecule has 1 atom stereocenters. The fourth-order valence-electron chi connectivity index (χ4n) is 2.07. The third kappa shape index (κ3) is 1.52. The van der Waals surface area contributed by atoms with E-state index in [0.717, 1.165) is 11.3 Å². The zero-order valence-electron chi connectivity index (χ0n) is 8.95. The first-order valence-electron chi connectivity index (χ1n) is 4.91. The number of nitrogens with two attached hydrogens (primary N) is 1. The molecule has 3 N–H and O–H groups in total. The molecule has 4 nitrogen and oxygen atoms in total. The van der Waals surface area contributed by atoms with Crippen LogP contribution in [0.25, 0.3) is 0 Å². The number of anilines is 1. The van der Waals surface area contributed by atoms with E-state index in [-0.39, 0.29) is 11.6 Å². The first-order chi connectivity index (χ1) is 7.03. The molecule has 0 saturated carbocycles. The Bertz CT molecular complexity index is 405. The summed E-state index contributed by atoms with van der Waals surface area (Å²) in [7, 11) is 1.78. The van der Waals surface area contributed by atoms with Crippen LogP contribution in [0.2, 0.25) is 0 Å². The number of hydrogen-bond acceptors (Lipinski definition) is 2. The van der Waals surface area contributed by atoms with E-state index < -0.39 is 0 Å². The molecule has 1 fully saturated rings. The highest BCUT2D eigenvalue weighted by molar-refractivity contribution is 5.78. The normalized spacial score (nSPS) is 25.5. The van der Waals surface area contributed by atoms with Crippen molar-refractivity contribution >= 4 is 11.7 Å². The number of para-hydroxylation sites is 1. The summed E-state index contributed by atoms with van der Waals surface area (Å²) in [6, 6.07) is 7.57. The summed E-state index contributed by atoms with van der Waals surface area (Å²) in [5.41, 5.74) is 7.22. The Morgan fingerprint density at radius 3 is 2.67 bits per heavy atom. The van der Waals surface area contributed by atoms with Crippen molar-refractivity contribution in [3.8, 4) is 0 Å². The van der Waals surface area contributed by atoms with Crippen LogP contribution in [0, 0.1) is 0 Å². The largest absolute Gasteiger partial charge is 0.398 e. The molecule has 0 radical (unpaired) electrons. The number of amides is 2. The van der Waals surface area contributed by atoms with Gasteiger partial charge in [-0.1, -0.05) is 18.2 Å². The average molecular weight is 205 g/mol. The van der Waals surface area contributed by atoms with Gasteiger partial charge in [0.1, 0.15) is 0 Å². The van der Waals surface area contributed by atoms with Gasteiger partial charge in [-0.2, -0.15) is 0 Å². The number of carbonyl (C=O) groups excluding carboxylic acids is 1. The SMILES string of the molecule is CN1CC(C)(c2ccccc2N)NC1=O. The lowest BCUT2D eigenvalue weighted by atomic mass is 9.91. The van der Waals surface area contributed by atoms with Crippen molar-refractivity contribution < 1.29 is 4.79 Å². The van der Waals surface area contributed by atoms with E-state index in [9.17, 15) is 4.79 Å². The average Bonchev–Trinajstić information content (AvgIpc) is 2.42. The second-order valence-corrected chi connectivity index (χ2v) is 4.21. The molecule has 1 aromatic rings.